The van der Waals surface area contributed by atoms with Gasteiger partial charge < -0.3 is 19.8 Å². The van der Waals surface area contributed by atoms with E-state index in [2.05, 4.69) is 42.3 Å². The third kappa shape index (κ3) is 5.15. The number of fused-ring (bicyclic) bond motifs is 2. The highest BCUT2D eigenvalue weighted by Gasteiger charge is 2.28. The molecule has 3 N–H and O–H groups in total. The molecule has 2 aromatic heterocycles. The van der Waals surface area contributed by atoms with Gasteiger partial charge in [-0.15, -0.1) is 0 Å². The number of rotatable bonds is 7. The van der Waals surface area contributed by atoms with E-state index in [0.29, 0.717) is 60.6 Å². The van der Waals surface area contributed by atoms with Crippen LogP contribution in [0.4, 0.5) is 5.82 Å². The Morgan fingerprint density at radius 1 is 1.21 bits per heavy atom. The van der Waals surface area contributed by atoms with E-state index in [9.17, 15) is 8.42 Å². The van der Waals surface area contributed by atoms with Crippen molar-refractivity contribution in [3.63, 3.8) is 0 Å². The third-order valence-corrected chi connectivity index (χ3v) is 9.49. The summed E-state index contributed by atoms with van der Waals surface area (Å²) in [6.45, 7) is 6.84. The van der Waals surface area contributed by atoms with Crippen molar-refractivity contribution in [3.05, 3.63) is 22.0 Å². The monoisotopic (exact) mass is 604 g/mol. The Hall–Kier alpha value is -1.84. The lowest BCUT2D eigenvalue weighted by molar-refractivity contribution is 0.171. The van der Waals surface area contributed by atoms with Crippen molar-refractivity contribution >= 4 is 61.4 Å². The summed E-state index contributed by atoms with van der Waals surface area (Å²) in [6.07, 6.45) is 1.96. The molecule has 33 heavy (non-hydrogen) atoms. The maximum absolute atomic E-state index is 12.3. The molecule has 13 heteroatoms. The van der Waals surface area contributed by atoms with Crippen molar-refractivity contribution < 1.29 is 17.9 Å². The van der Waals surface area contributed by atoms with Crippen LogP contribution in [0.5, 0.6) is 11.5 Å². The number of sulfonamides is 1. The molecule has 3 heterocycles. The van der Waals surface area contributed by atoms with Crippen LogP contribution in [-0.4, -0.2) is 52.4 Å². The Bertz CT molecular complexity index is 1290. The number of nitrogens with two attached hydrogens (primary N) is 1. The molecule has 0 spiro atoms. The molecular weight excluding hydrogens is 579 g/mol. The zero-order chi connectivity index (χ0) is 23.8. The maximum atomic E-state index is 12.3. The second kappa shape index (κ2) is 9.43. The first-order valence-electron chi connectivity index (χ1n) is 10.3. The zero-order valence-electron chi connectivity index (χ0n) is 18.5. The Morgan fingerprint density at radius 2 is 1.91 bits per heavy atom. The molecule has 0 amide bonds. The van der Waals surface area contributed by atoms with E-state index in [0.717, 1.165) is 14.2 Å². The van der Waals surface area contributed by atoms with Crippen molar-refractivity contribution in [2.45, 2.75) is 48.5 Å². The lowest BCUT2D eigenvalue weighted by Crippen LogP contribution is -2.39. The number of nitrogens with one attached hydrogen (secondary N) is 1. The fourth-order valence-electron chi connectivity index (χ4n) is 3.10. The van der Waals surface area contributed by atoms with Crippen LogP contribution in [0, 0.1) is 3.57 Å². The minimum atomic E-state index is -3.41. The van der Waals surface area contributed by atoms with Gasteiger partial charge in [0.05, 0.1) is 4.75 Å². The molecule has 1 aliphatic heterocycles. The van der Waals surface area contributed by atoms with Gasteiger partial charge in [0.1, 0.15) is 19.5 Å². The number of aromatic nitrogens is 4. The number of benzene rings is 1. The standard InChI is InChI=1S/C20H25IN6O4S2/c1-20(2,3)33(28,29)25-5-4-6-27-18-16(17(22)23-11-24-18)26-19(27)32-15-10-14-13(9-12(15)21)30-7-8-31-14/h9-11,25H,4-8H2,1-3H3,(H2,22,23,24). The normalized spacial score (nSPS) is 14.1. The lowest BCUT2D eigenvalue weighted by atomic mass is 10.3. The molecule has 0 saturated carbocycles. The average molecular weight is 604 g/mol. The second-order valence-electron chi connectivity index (χ2n) is 8.37. The van der Waals surface area contributed by atoms with E-state index in [-0.39, 0.29) is 0 Å². The van der Waals surface area contributed by atoms with Crippen LogP contribution in [-0.2, 0) is 16.6 Å². The number of anilines is 1. The molecule has 10 nitrogen and oxygen atoms in total. The van der Waals surface area contributed by atoms with Gasteiger partial charge in [0.25, 0.3) is 0 Å². The van der Waals surface area contributed by atoms with E-state index in [1.807, 2.05) is 16.7 Å². The highest BCUT2D eigenvalue weighted by atomic mass is 127. The van der Waals surface area contributed by atoms with Gasteiger partial charge in [0.2, 0.25) is 10.0 Å². The Balaban J connectivity index is 1.60. The highest BCUT2D eigenvalue weighted by Crippen LogP contribution is 2.40. The van der Waals surface area contributed by atoms with Crippen molar-refractivity contribution in [1.82, 2.24) is 24.2 Å². The molecular formula is C20H25IN6O4S2. The number of hydrogen-bond donors (Lipinski definition) is 2. The summed E-state index contributed by atoms with van der Waals surface area (Å²) < 4.78 is 40.8. The number of halogens is 1. The topological polar surface area (TPSA) is 134 Å². The van der Waals surface area contributed by atoms with Crippen molar-refractivity contribution in [2.24, 2.45) is 0 Å². The molecule has 178 valence electrons. The van der Waals surface area contributed by atoms with Gasteiger partial charge in [-0.25, -0.2) is 28.1 Å². The molecule has 4 rings (SSSR count). The quantitative estimate of drug-likeness (QED) is 0.308. The van der Waals surface area contributed by atoms with Crippen molar-refractivity contribution in [1.29, 1.82) is 0 Å². The molecule has 0 unspecified atom stereocenters. The molecule has 1 aromatic carbocycles. The third-order valence-electron chi connectivity index (χ3n) is 4.98. The molecule has 0 aliphatic carbocycles. The molecule has 0 atom stereocenters. The highest BCUT2D eigenvalue weighted by molar-refractivity contribution is 14.1. The number of nitrogens with zero attached hydrogens (tertiary/aromatic N) is 4. The summed E-state index contributed by atoms with van der Waals surface area (Å²) in [5.74, 6) is 1.72. The Labute approximate surface area is 210 Å². The van der Waals surface area contributed by atoms with E-state index in [1.54, 1.807) is 20.8 Å². The average Bonchev–Trinajstić information content (AvgIpc) is 3.09. The van der Waals surface area contributed by atoms with Crippen LogP contribution in [0.3, 0.4) is 0 Å². The van der Waals surface area contributed by atoms with E-state index < -0.39 is 14.8 Å². The van der Waals surface area contributed by atoms with Crippen LogP contribution < -0.4 is 19.9 Å². The molecule has 0 radical (unpaired) electrons. The van der Waals surface area contributed by atoms with Crippen LogP contribution in [0.1, 0.15) is 27.2 Å². The smallest absolute Gasteiger partial charge is 0.216 e. The predicted octanol–water partition coefficient (Wildman–Crippen LogP) is 3.04. The number of hydrogen-bond acceptors (Lipinski definition) is 9. The van der Waals surface area contributed by atoms with Gasteiger partial charge in [0, 0.05) is 21.6 Å². The van der Waals surface area contributed by atoms with Crippen molar-refractivity contribution in [2.75, 3.05) is 25.5 Å². The number of nitrogen functional groups attached to an aromatic ring is 1. The van der Waals surface area contributed by atoms with Crippen LogP contribution in [0.25, 0.3) is 11.2 Å². The van der Waals surface area contributed by atoms with Crippen LogP contribution in [0.15, 0.2) is 28.5 Å². The fourth-order valence-corrected chi connectivity index (χ4v) is 5.65. The number of aryl methyl sites for hydroxylation is 1. The number of ether oxygens (including phenoxy) is 2. The predicted molar refractivity (Wildman–Crippen MR) is 135 cm³/mol. The second-order valence-corrected chi connectivity index (χ2v) is 13.1. The first-order chi connectivity index (χ1) is 15.6. The molecule has 0 fully saturated rings. The summed E-state index contributed by atoms with van der Waals surface area (Å²) in [6, 6.07) is 3.89. The summed E-state index contributed by atoms with van der Waals surface area (Å²) in [5, 5.41) is 0.686. The Kier molecular flexibility index (Phi) is 6.94. The summed E-state index contributed by atoms with van der Waals surface area (Å²) in [5.41, 5.74) is 7.17. The summed E-state index contributed by atoms with van der Waals surface area (Å²) in [7, 11) is -3.41. The summed E-state index contributed by atoms with van der Waals surface area (Å²) in [4.78, 5) is 14.1. The minimum absolute atomic E-state index is 0.297. The first-order valence-corrected chi connectivity index (χ1v) is 13.7. The molecule has 0 saturated heterocycles. The first kappa shape index (κ1) is 24.3. The molecule has 3 aromatic rings. The summed E-state index contributed by atoms with van der Waals surface area (Å²) >= 11 is 3.72. The van der Waals surface area contributed by atoms with Gasteiger partial charge in [-0.05, 0) is 61.9 Å². The number of imidazole rings is 1. The lowest BCUT2D eigenvalue weighted by Gasteiger charge is -2.20. The Morgan fingerprint density at radius 3 is 2.61 bits per heavy atom. The van der Waals surface area contributed by atoms with Gasteiger partial charge in [0.15, 0.2) is 33.6 Å². The van der Waals surface area contributed by atoms with Gasteiger partial charge in [-0.1, -0.05) is 11.8 Å². The van der Waals surface area contributed by atoms with Gasteiger partial charge >= 0.3 is 0 Å². The maximum Gasteiger partial charge on any atom is 0.216 e. The van der Waals surface area contributed by atoms with Crippen LogP contribution in [0.2, 0.25) is 0 Å². The molecule has 1 aliphatic rings. The fraction of sp³-hybridized carbons (Fsp3) is 0.450. The SMILES string of the molecule is CC(C)(C)S(=O)(=O)NCCCn1c(Sc2cc3c(cc2I)OCCO3)nc2c(N)ncnc21. The van der Waals surface area contributed by atoms with E-state index in [1.165, 1.54) is 18.1 Å². The minimum Gasteiger partial charge on any atom is -0.486 e. The molecule has 0 bridgehead atoms. The van der Waals surface area contributed by atoms with Gasteiger partial charge in [-0.2, -0.15) is 0 Å². The van der Waals surface area contributed by atoms with Crippen LogP contribution >= 0.6 is 34.4 Å². The largest absolute Gasteiger partial charge is 0.486 e. The van der Waals surface area contributed by atoms with E-state index in [4.69, 9.17) is 15.2 Å². The zero-order valence-corrected chi connectivity index (χ0v) is 22.3. The van der Waals surface area contributed by atoms with E-state index >= 15 is 0 Å². The van der Waals surface area contributed by atoms with Crippen molar-refractivity contribution in [3.8, 4) is 11.5 Å². The van der Waals surface area contributed by atoms with Gasteiger partial charge in [-0.3, -0.25) is 0 Å².